The van der Waals surface area contributed by atoms with Gasteiger partial charge in [0.2, 0.25) is 0 Å². The predicted molar refractivity (Wildman–Crippen MR) is 62.1 cm³/mol. The average Bonchev–Trinajstić information content (AvgIpc) is 2.26. The molecule has 0 aromatic carbocycles. The molecule has 0 atom stereocenters. The Morgan fingerprint density at radius 3 is 2.80 bits per heavy atom. The molecule has 0 radical (unpaired) electrons. The van der Waals surface area contributed by atoms with E-state index in [9.17, 15) is 4.79 Å². The van der Waals surface area contributed by atoms with Crippen molar-refractivity contribution in [3.8, 4) is 0 Å². The van der Waals surface area contributed by atoms with Crippen molar-refractivity contribution >= 4 is 23.2 Å². The van der Waals surface area contributed by atoms with E-state index in [2.05, 4.69) is 4.98 Å². The van der Waals surface area contributed by atoms with Gasteiger partial charge in [0.05, 0.1) is 5.69 Å². The molecule has 0 spiro atoms. The van der Waals surface area contributed by atoms with Gasteiger partial charge < -0.3 is 4.90 Å². The molecule has 0 bridgehead atoms. The Labute approximate surface area is 94.4 Å². The SMILES string of the molecule is C/C=C(\C)C(=O)N(C)c1cccnc1Cl. The van der Waals surface area contributed by atoms with Gasteiger partial charge in [0.1, 0.15) is 0 Å². The first kappa shape index (κ1) is 11.7. The summed E-state index contributed by atoms with van der Waals surface area (Å²) in [5.41, 5.74) is 1.29. The van der Waals surface area contributed by atoms with Crippen LogP contribution in [0.2, 0.25) is 5.15 Å². The van der Waals surface area contributed by atoms with Crippen molar-refractivity contribution < 1.29 is 4.79 Å². The summed E-state index contributed by atoms with van der Waals surface area (Å²) in [5, 5.41) is 0.331. The molecule has 0 aliphatic carbocycles. The number of carbonyl (C=O) groups excluding carboxylic acids is 1. The minimum Gasteiger partial charge on any atom is -0.309 e. The summed E-state index contributed by atoms with van der Waals surface area (Å²) >= 11 is 5.89. The summed E-state index contributed by atoms with van der Waals surface area (Å²) in [4.78, 5) is 17.2. The molecule has 0 fully saturated rings. The topological polar surface area (TPSA) is 33.2 Å². The lowest BCUT2D eigenvalue weighted by atomic mass is 10.2. The number of anilines is 1. The van der Waals surface area contributed by atoms with Gasteiger partial charge in [-0.25, -0.2) is 4.98 Å². The zero-order valence-electron chi connectivity index (χ0n) is 8.99. The number of allylic oxidation sites excluding steroid dienone is 1. The summed E-state index contributed by atoms with van der Waals surface area (Å²) in [6, 6.07) is 3.51. The van der Waals surface area contributed by atoms with E-state index in [4.69, 9.17) is 11.6 Å². The van der Waals surface area contributed by atoms with Crippen LogP contribution in [0.3, 0.4) is 0 Å². The molecular weight excluding hydrogens is 212 g/mol. The molecule has 3 nitrogen and oxygen atoms in total. The number of halogens is 1. The van der Waals surface area contributed by atoms with Crippen LogP contribution in [0.4, 0.5) is 5.69 Å². The van der Waals surface area contributed by atoms with E-state index in [1.807, 2.05) is 6.92 Å². The van der Waals surface area contributed by atoms with Crippen LogP contribution in [0.25, 0.3) is 0 Å². The van der Waals surface area contributed by atoms with Gasteiger partial charge in [-0.1, -0.05) is 17.7 Å². The van der Waals surface area contributed by atoms with Crippen LogP contribution in [-0.2, 0) is 4.79 Å². The maximum absolute atomic E-state index is 11.8. The monoisotopic (exact) mass is 224 g/mol. The molecule has 0 aliphatic rings. The number of nitrogens with zero attached hydrogens (tertiary/aromatic N) is 2. The predicted octanol–water partition coefficient (Wildman–Crippen LogP) is 2.66. The van der Waals surface area contributed by atoms with Gasteiger partial charge >= 0.3 is 0 Å². The maximum atomic E-state index is 11.8. The second kappa shape index (κ2) is 4.94. The van der Waals surface area contributed by atoms with E-state index in [0.717, 1.165) is 0 Å². The Bertz CT molecular complexity index is 401. The van der Waals surface area contributed by atoms with Crippen LogP contribution in [0.15, 0.2) is 30.0 Å². The largest absolute Gasteiger partial charge is 0.309 e. The molecule has 0 aliphatic heterocycles. The third-order valence-electron chi connectivity index (χ3n) is 2.18. The number of likely N-dealkylation sites (N-methyl/N-ethyl adjacent to an activating group) is 1. The van der Waals surface area contributed by atoms with Crippen molar-refractivity contribution in [1.29, 1.82) is 0 Å². The second-order valence-corrected chi connectivity index (χ2v) is 3.51. The average molecular weight is 225 g/mol. The highest BCUT2D eigenvalue weighted by atomic mass is 35.5. The van der Waals surface area contributed by atoms with Crippen molar-refractivity contribution in [3.05, 3.63) is 35.1 Å². The fraction of sp³-hybridized carbons (Fsp3) is 0.273. The molecule has 1 amide bonds. The van der Waals surface area contributed by atoms with E-state index in [-0.39, 0.29) is 5.91 Å². The maximum Gasteiger partial charge on any atom is 0.253 e. The number of rotatable bonds is 2. The van der Waals surface area contributed by atoms with E-state index >= 15 is 0 Å². The number of aromatic nitrogens is 1. The van der Waals surface area contributed by atoms with Gasteiger partial charge in [-0.3, -0.25) is 4.79 Å². The summed E-state index contributed by atoms with van der Waals surface area (Å²) < 4.78 is 0. The molecule has 0 N–H and O–H groups in total. The first-order valence-electron chi connectivity index (χ1n) is 4.59. The molecule has 1 heterocycles. The molecule has 0 saturated heterocycles. The molecule has 0 unspecified atom stereocenters. The lowest BCUT2D eigenvalue weighted by Gasteiger charge is -2.18. The van der Waals surface area contributed by atoms with Gasteiger partial charge in [0.25, 0.3) is 5.91 Å². The molecule has 1 rings (SSSR count). The van der Waals surface area contributed by atoms with Crippen molar-refractivity contribution in [2.75, 3.05) is 11.9 Å². The third-order valence-corrected chi connectivity index (χ3v) is 2.47. The molecule has 80 valence electrons. The molecule has 15 heavy (non-hydrogen) atoms. The van der Waals surface area contributed by atoms with E-state index in [1.165, 1.54) is 4.90 Å². The van der Waals surface area contributed by atoms with Crippen LogP contribution < -0.4 is 4.90 Å². The third kappa shape index (κ3) is 2.57. The van der Waals surface area contributed by atoms with Crippen LogP contribution >= 0.6 is 11.6 Å². The van der Waals surface area contributed by atoms with Gasteiger partial charge in [0.15, 0.2) is 5.15 Å². The van der Waals surface area contributed by atoms with Crippen molar-refractivity contribution in [2.45, 2.75) is 13.8 Å². The van der Waals surface area contributed by atoms with Crippen LogP contribution in [0.1, 0.15) is 13.8 Å². The number of carbonyl (C=O) groups is 1. The zero-order valence-corrected chi connectivity index (χ0v) is 9.75. The van der Waals surface area contributed by atoms with Crippen molar-refractivity contribution in [1.82, 2.24) is 4.98 Å². The summed E-state index contributed by atoms with van der Waals surface area (Å²) in [5.74, 6) is -0.0765. The van der Waals surface area contributed by atoms with Crippen LogP contribution in [-0.4, -0.2) is 17.9 Å². The van der Waals surface area contributed by atoms with Gasteiger partial charge in [-0.15, -0.1) is 0 Å². The van der Waals surface area contributed by atoms with E-state index < -0.39 is 0 Å². The zero-order chi connectivity index (χ0) is 11.4. The Morgan fingerprint density at radius 2 is 2.27 bits per heavy atom. The lowest BCUT2D eigenvalue weighted by Crippen LogP contribution is -2.27. The quantitative estimate of drug-likeness (QED) is 0.572. The molecule has 4 heteroatoms. The standard InChI is InChI=1S/C11H13ClN2O/c1-4-8(2)11(15)14(3)9-6-5-7-13-10(9)12/h4-7H,1-3H3/b8-4+. The van der Waals surface area contributed by atoms with Gasteiger partial charge in [0, 0.05) is 18.8 Å². The number of hydrogen-bond donors (Lipinski definition) is 0. The highest BCUT2D eigenvalue weighted by Gasteiger charge is 2.14. The first-order chi connectivity index (χ1) is 7.07. The summed E-state index contributed by atoms with van der Waals surface area (Å²) in [7, 11) is 1.68. The smallest absolute Gasteiger partial charge is 0.253 e. The number of amides is 1. The fourth-order valence-corrected chi connectivity index (χ4v) is 1.37. The summed E-state index contributed by atoms with van der Waals surface area (Å²) in [6.07, 6.45) is 3.36. The lowest BCUT2D eigenvalue weighted by molar-refractivity contribution is -0.114. The minimum atomic E-state index is -0.0765. The van der Waals surface area contributed by atoms with Gasteiger partial charge in [-0.05, 0) is 26.0 Å². The Hall–Kier alpha value is -1.35. The Kier molecular flexibility index (Phi) is 3.86. The first-order valence-corrected chi connectivity index (χ1v) is 4.97. The van der Waals surface area contributed by atoms with Crippen LogP contribution in [0, 0.1) is 0 Å². The molecular formula is C11H13ClN2O. The van der Waals surface area contributed by atoms with Crippen molar-refractivity contribution in [3.63, 3.8) is 0 Å². The summed E-state index contributed by atoms with van der Waals surface area (Å²) in [6.45, 7) is 3.59. The number of pyridine rings is 1. The minimum absolute atomic E-state index is 0.0765. The van der Waals surface area contributed by atoms with Crippen LogP contribution in [0.5, 0.6) is 0 Å². The van der Waals surface area contributed by atoms with Gasteiger partial charge in [-0.2, -0.15) is 0 Å². The van der Waals surface area contributed by atoms with E-state index in [1.54, 1.807) is 38.4 Å². The van der Waals surface area contributed by atoms with E-state index in [0.29, 0.717) is 16.4 Å². The molecule has 1 aromatic heterocycles. The highest BCUT2D eigenvalue weighted by Crippen LogP contribution is 2.22. The highest BCUT2D eigenvalue weighted by molar-refractivity contribution is 6.32. The Morgan fingerprint density at radius 1 is 1.60 bits per heavy atom. The number of hydrogen-bond acceptors (Lipinski definition) is 2. The second-order valence-electron chi connectivity index (χ2n) is 3.15. The molecule has 0 saturated carbocycles. The van der Waals surface area contributed by atoms with Crippen molar-refractivity contribution in [2.24, 2.45) is 0 Å². The fourth-order valence-electron chi connectivity index (χ4n) is 1.13. The Balaban J connectivity index is 3.00. The normalized spacial score (nSPS) is 11.3. The molecule has 1 aromatic rings.